The van der Waals surface area contributed by atoms with Crippen LogP contribution in [0, 0.1) is 6.92 Å². The molecule has 2 aromatic carbocycles. The molecule has 0 bridgehead atoms. The molecule has 0 spiro atoms. The molecule has 1 aliphatic rings. The molecule has 0 saturated heterocycles. The summed E-state index contributed by atoms with van der Waals surface area (Å²) in [7, 11) is -3.77. The van der Waals surface area contributed by atoms with Gasteiger partial charge in [-0.2, -0.15) is 8.42 Å². The van der Waals surface area contributed by atoms with Gasteiger partial charge in [0.15, 0.2) is 0 Å². The lowest BCUT2D eigenvalue weighted by atomic mass is 10.1. The summed E-state index contributed by atoms with van der Waals surface area (Å²) in [5.74, 6) is 0.168. The number of sulfonamides is 1. The van der Waals surface area contributed by atoms with Gasteiger partial charge in [-0.25, -0.2) is 0 Å². The lowest BCUT2D eigenvalue weighted by Gasteiger charge is -2.05. The fourth-order valence-corrected chi connectivity index (χ4v) is 3.16. The molecule has 0 saturated carbocycles. The van der Waals surface area contributed by atoms with E-state index in [4.69, 9.17) is 4.74 Å². The number of hydrogen-bond acceptors (Lipinski definition) is 3. The van der Waals surface area contributed by atoms with Gasteiger partial charge in [0.25, 0.3) is 10.0 Å². The molecule has 2 aromatic rings. The normalized spacial score (nSPS) is 16.0. The molecule has 1 heterocycles. The Bertz CT molecular complexity index is 850. The molecule has 0 aromatic heterocycles. The Kier molecular flexibility index (Phi) is 3.81. The van der Waals surface area contributed by atoms with Gasteiger partial charge in [0, 0.05) is 0 Å². The second-order valence-electron chi connectivity index (χ2n) is 5.07. The maximum atomic E-state index is 12.3. The lowest BCUT2D eigenvalue weighted by Crippen LogP contribution is -2.09. The molecule has 4 nitrogen and oxygen atoms in total. The summed E-state index contributed by atoms with van der Waals surface area (Å²) in [5, 5.41) is 0. The molecule has 112 valence electrons. The number of benzene rings is 2. The molecule has 3 rings (SSSR count). The summed E-state index contributed by atoms with van der Waals surface area (Å²) in [4.78, 5) is 0.163. The number of rotatable bonds is 2. The van der Waals surface area contributed by atoms with E-state index in [2.05, 4.69) is 4.40 Å². The Morgan fingerprint density at radius 3 is 2.55 bits per heavy atom. The van der Waals surface area contributed by atoms with Crippen molar-refractivity contribution in [1.29, 1.82) is 0 Å². The maximum Gasteiger partial charge on any atom is 0.285 e. The van der Waals surface area contributed by atoms with Gasteiger partial charge in [0.2, 0.25) is 5.90 Å². The second-order valence-corrected chi connectivity index (χ2v) is 6.67. The molecule has 22 heavy (non-hydrogen) atoms. The predicted molar refractivity (Wildman–Crippen MR) is 86.1 cm³/mol. The highest BCUT2D eigenvalue weighted by Gasteiger charge is 2.17. The van der Waals surface area contributed by atoms with E-state index in [1.165, 1.54) is 6.26 Å². The smallest absolute Gasteiger partial charge is 0.285 e. The molecule has 0 aliphatic carbocycles. The topological polar surface area (TPSA) is 55.7 Å². The fourth-order valence-electron chi connectivity index (χ4n) is 2.20. The van der Waals surface area contributed by atoms with Crippen LogP contribution in [0.3, 0.4) is 0 Å². The number of ether oxygens (including phenoxy) is 1. The predicted octanol–water partition coefficient (Wildman–Crippen LogP) is 3.33. The van der Waals surface area contributed by atoms with Gasteiger partial charge in [-0.05, 0) is 36.3 Å². The molecular weight excluding hydrogens is 298 g/mol. The molecule has 0 radical (unpaired) electrons. The molecule has 1 aliphatic heterocycles. The van der Waals surface area contributed by atoms with Crippen LogP contribution in [0.1, 0.15) is 16.7 Å². The summed E-state index contributed by atoms with van der Waals surface area (Å²) in [6.45, 7) is 1.90. The Hall–Kier alpha value is -2.40. The number of nitrogens with zero attached hydrogens (tertiary/aromatic N) is 1. The van der Waals surface area contributed by atoms with Crippen molar-refractivity contribution in [3.05, 3.63) is 71.5 Å². The van der Waals surface area contributed by atoms with Gasteiger partial charge < -0.3 is 4.74 Å². The minimum atomic E-state index is -3.77. The van der Waals surface area contributed by atoms with E-state index in [-0.39, 0.29) is 10.8 Å². The van der Waals surface area contributed by atoms with Crippen LogP contribution in [0.2, 0.25) is 0 Å². The Balaban J connectivity index is 1.95. The van der Waals surface area contributed by atoms with E-state index < -0.39 is 10.0 Å². The van der Waals surface area contributed by atoms with Crippen molar-refractivity contribution in [3.63, 3.8) is 0 Å². The monoisotopic (exact) mass is 313 g/mol. The largest absolute Gasteiger partial charge is 0.449 e. The van der Waals surface area contributed by atoms with E-state index >= 15 is 0 Å². The maximum absolute atomic E-state index is 12.3. The molecule has 0 N–H and O–H groups in total. The zero-order valence-corrected chi connectivity index (χ0v) is 12.9. The minimum Gasteiger partial charge on any atom is -0.449 e. The Morgan fingerprint density at radius 1 is 1.05 bits per heavy atom. The van der Waals surface area contributed by atoms with Crippen molar-refractivity contribution in [1.82, 2.24) is 0 Å². The van der Waals surface area contributed by atoms with Crippen molar-refractivity contribution in [2.45, 2.75) is 18.2 Å². The van der Waals surface area contributed by atoms with Gasteiger partial charge in [0.1, 0.15) is 0 Å². The van der Waals surface area contributed by atoms with Crippen LogP contribution >= 0.6 is 0 Å². The summed E-state index contributed by atoms with van der Waals surface area (Å²) in [5.41, 5.74) is 2.98. The molecule has 0 unspecified atom stereocenters. The van der Waals surface area contributed by atoms with Gasteiger partial charge in [-0.3, -0.25) is 0 Å². The van der Waals surface area contributed by atoms with Crippen LogP contribution in [0.25, 0.3) is 6.08 Å². The van der Waals surface area contributed by atoms with Crippen molar-refractivity contribution >= 4 is 22.0 Å². The van der Waals surface area contributed by atoms with Gasteiger partial charge >= 0.3 is 0 Å². The highest BCUT2D eigenvalue weighted by atomic mass is 32.2. The summed E-state index contributed by atoms with van der Waals surface area (Å²) >= 11 is 0. The fraction of sp³-hybridized carbons (Fsp3) is 0.118. The Labute approximate surface area is 129 Å². The van der Waals surface area contributed by atoms with Crippen molar-refractivity contribution < 1.29 is 13.2 Å². The molecular formula is C17H15NO3S. The van der Waals surface area contributed by atoms with Gasteiger partial charge in [-0.1, -0.05) is 42.0 Å². The van der Waals surface area contributed by atoms with E-state index in [1.807, 2.05) is 31.2 Å². The van der Waals surface area contributed by atoms with Crippen molar-refractivity contribution in [2.24, 2.45) is 4.40 Å². The number of aryl methyl sites for hydroxylation is 1. The first-order chi connectivity index (χ1) is 10.5. The molecule has 0 fully saturated rings. The highest BCUT2D eigenvalue weighted by Crippen LogP contribution is 2.19. The third kappa shape index (κ3) is 3.09. The number of hydrogen-bond donors (Lipinski definition) is 0. The summed E-state index contributed by atoms with van der Waals surface area (Å²) in [6.07, 6.45) is 3.61. The second kappa shape index (κ2) is 5.77. The lowest BCUT2D eigenvalue weighted by molar-refractivity contribution is 0.467. The van der Waals surface area contributed by atoms with Crippen molar-refractivity contribution in [3.8, 4) is 0 Å². The van der Waals surface area contributed by atoms with Crippen LogP contribution in [0.15, 0.2) is 64.1 Å². The Morgan fingerprint density at radius 2 is 1.77 bits per heavy atom. The highest BCUT2D eigenvalue weighted by molar-refractivity contribution is 7.90. The summed E-state index contributed by atoms with van der Waals surface area (Å²) in [6, 6.07) is 14.3. The van der Waals surface area contributed by atoms with Crippen molar-refractivity contribution in [2.75, 3.05) is 0 Å². The van der Waals surface area contributed by atoms with Crippen LogP contribution in [-0.4, -0.2) is 14.3 Å². The van der Waals surface area contributed by atoms with Crippen LogP contribution in [0.5, 0.6) is 0 Å². The quantitative estimate of drug-likeness (QED) is 0.854. The summed E-state index contributed by atoms with van der Waals surface area (Å²) < 4.78 is 33.9. The standard InChI is InChI=1S/C17H15NO3S/c1-13-6-8-16(9-7-13)22(19,20)18-17-12-15-5-3-2-4-14(15)10-11-21-17/h2-11H,12H2,1H3/b18-17-. The molecule has 0 atom stereocenters. The molecule has 0 amide bonds. The first kappa shape index (κ1) is 14.5. The SMILES string of the molecule is Cc1ccc(S(=O)(=O)/N=C2/Cc3ccccc3C=CO2)cc1. The minimum absolute atomic E-state index is 0.163. The van der Waals surface area contributed by atoms with E-state index in [0.717, 1.165) is 16.7 Å². The first-order valence-corrected chi connectivity index (χ1v) is 8.30. The average Bonchev–Trinajstić information content (AvgIpc) is 2.68. The van der Waals surface area contributed by atoms with Crippen LogP contribution < -0.4 is 0 Å². The third-order valence-electron chi connectivity index (χ3n) is 3.39. The van der Waals surface area contributed by atoms with E-state index in [0.29, 0.717) is 6.42 Å². The average molecular weight is 313 g/mol. The van der Waals surface area contributed by atoms with Gasteiger partial charge in [0.05, 0.1) is 17.6 Å². The van der Waals surface area contributed by atoms with Crippen LogP contribution in [0.4, 0.5) is 0 Å². The van der Waals surface area contributed by atoms with E-state index in [1.54, 1.807) is 30.3 Å². The molecule has 5 heteroatoms. The zero-order chi connectivity index (χ0) is 15.6. The first-order valence-electron chi connectivity index (χ1n) is 6.86. The third-order valence-corrected chi connectivity index (χ3v) is 4.70. The van der Waals surface area contributed by atoms with Gasteiger partial charge in [-0.15, -0.1) is 4.40 Å². The van der Waals surface area contributed by atoms with Crippen LogP contribution in [-0.2, 0) is 21.2 Å². The number of fused-ring (bicyclic) bond motifs is 1. The zero-order valence-electron chi connectivity index (χ0n) is 12.1. The van der Waals surface area contributed by atoms with E-state index in [9.17, 15) is 8.42 Å².